The number of alkyl carbamates (subject to hydrolysis) is 1. The van der Waals surface area contributed by atoms with Crippen LogP contribution < -0.4 is 5.32 Å². The van der Waals surface area contributed by atoms with Crippen LogP contribution in [0.25, 0.3) is 0 Å². The zero-order valence-electron chi connectivity index (χ0n) is 12.8. The van der Waals surface area contributed by atoms with E-state index in [1.165, 1.54) is 11.8 Å². The molecule has 0 aromatic heterocycles. The van der Waals surface area contributed by atoms with Crippen molar-refractivity contribution in [2.75, 3.05) is 5.75 Å². The summed E-state index contributed by atoms with van der Waals surface area (Å²) < 4.78 is 5.16. The smallest absolute Gasteiger partial charge is 0.408 e. The van der Waals surface area contributed by atoms with Crippen LogP contribution in [0.5, 0.6) is 0 Å². The molecule has 1 N–H and O–H groups in total. The first-order valence-electron chi connectivity index (χ1n) is 7.16. The first kappa shape index (κ1) is 17.6. The average Bonchev–Trinajstić information content (AvgIpc) is 2.45. The predicted octanol–water partition coefficient (Wildman–Crippen LogP) is 3.61. The molecule has 0 saturated carbocycles. The summed E-state index contributed by atoms with van der Waals surface area (Å²) in [5.74, 6) is 1.03. The van der Waals surface area contributed by atoms with Crippen molar-refractivity contribution in [1.29, 1.82) is 0 Å². The Morgan fingerprint density at radius 3 is 2.48 bits per heavy atom. The summed E-state index contributed by atoms with van der Waals surface area (Å²) in [5.41, 5.74) is 0.919. The van der Waals surface area contributed by atoms with Crippen LogP contribution in [0.3, 0.4) is 0 Å². The highest BCUT2D eigenvalue weighted by Gasteiger charge is 2.22. The van der Waals surface area contributed by atoms with Crippen molar-refractivity contribution >= 4 is 23.0 Å². The Hall–Kier alpha value is -1.49. The number of carbonyl (C=O) groups is 2. The summed E-state index contributed by atoms with van der Waals surface area (Å²) in [5, 5.41) is 2.66. The lowest BCUT2D eigenvalue weighted by Gasteiger charge is -2.18. The number of hydrogen-bond acceptors (Lipinski definition) is 4. The van der Waals surface area contributed by atoms with Gasteiger partial charge in [-0.15, -0.1) is 0 Å². The van der Waals surface area contributed by atoms with Crippen molar-refractivity contribution in [3.8, 4) is 0 Å². The van der Waals surface area contributed by atoms with Gasteiger partial charge in [0.05, 0.1) is 0 Å². The van der Waals surface area contributed by atoms with Gasteiger partial charge in [0.15, 0.2) is 0 Å². The summed E-state index contributed by atoms with van der Waals surface area (Å²) in [6.07, 6.45) is 0.0706. The van der Waals surface area contributed by atoms with E-state index < -0.39 is 12.1 Å². The van der Waals surface area contributed by atoms with Gasteiger partial charge in [-0.25, -0.2) is 4.79 Å². The van der Waals surface area contributed by atoms with E-state index in [0.29, 0.717) is 18.1 Å². The lowest BCUT2D eigenvalue weighted by Crippen LogP contribution is -2.40. The van der Waals surface area contributed by atoms with Crippen molar-refractivity contribution in [2.24, 2.45) is 5.92 Å². The Bertz CT molecular complexity index is 448. The van der Waals surface area contributed by atoms with Crippen LogP contribution in [0.1, 0.15) is 32.8 Å². The molecule has 0 aliphatic carbocycles. The van der Waals surface area contributed by atoms with Gasteiger partial charge in [-0.2, -0.15) is 0 Å². The molecule has 5 heteroatoms. The number of ether oxygens (including phenoxy) is 1. The topological polar surface area (TPSA) is 55.4 Å². The van der Waals surface area contributed by atoms with E-state index in [0.717, 1.165) is 5.56 Å². The maximum atomic E-state index is 12.0. The molecular formula is C16H23NO3S. The molecule has 4 nitrogen and oxygen atoms in total. The van der Waals surface area contributed by atoms with E-state index in [9.17, 15) is 9.59 Å². The molecule has 1 rings (SSSR count). The van der Waals surface area contributed by atoms with Crippen LogP contribution in [0.2, 0.25) is 0 Å². The fourth-order valence-electron chi connectivity index (χ4n) is 1.84. The van der Waals surface area contributed by atoms with Crippen molar-refractivity contribution in [3.63, 3.8) is 0 Å². The lowest BCUT2D eigenvalue weighted by molar-refractivity contribution is -0.113. The van der Waals surface area contributed by atoms with Gasteiger partial charge in [-0.05, 0) is 23.7 Å². The number of nitrogens with one attached hydrogen (secondary N) is 1. The maximum absolute atomic E-state index is 12.0. The molecule has 0 aliphatic heterocycles. The average molecular weight is 309 g/mol. The Kier molecular flexibility index (Phi) is 7.90. The van der Waals surface area contributed by atoms with Crippen LogP contribution in [-0.2, 0) is 16.1 Å². The van der Waals surface area contributed by atoms with E-state index in [1.807, 2.05) is 51.1 Å². The second-order valence-corrected chi connectivity index (χ2v) is 6.41. The van der Waals surface area contributed by atoms with Crippen molar-refractivity contribution in [1.82, 2.24) is 5.32 Å². The quantitative estimate of drug-likeness (QED) is 0.836. The highest BCUT2D eigenvalue weighted by molar-refractivity contribution is 8.13. The van der Waals surface area contributed by atoms with Crippen LogP contribution in [0.15, 0.2) is 30.3 Å². The summed E-state index contributed by atoms with van der Waals surface area (Å²) in [6, 6.07) is 8.97. The molecule has 1 atom stereocenters. The zero-order chi connectivity index (χ0) is 15.7. The number of thioether (sulfide) groups is 1. The van der Waals surface area contributed by atoms with Gasteiger partial charge >= 0.3 is 6.09 Å². The largest absolute Gasteiger partial charge is 0.445 e. The Morgan fingerprint density at radius 2 is 1.90 bits per heavy atom. The minimum atomic E-state index is -0.547. The second kappa shape index (κ2) is 9.45. The van der Waals surface area contributed by atoms with Gasteiger partial charge in [0.1, 0.15) is 12.6 Å². The Labute approximate surface area is 130 Å². The normalized spacial score (nSPS) is 12.0. The fraction of sp³-hybridized carbons (Fsp3) is 0.500. The minimum Gasteiger partial charge on any atom is -0.445 e. The molecule has 1 aromatic carbocycles. The van der Waals surface area contributed by atoms with E-state index in [-0.39, 0.29) is 11.7 Å². The zero-order valence-corrected chi connectivity index (χ0v) is 13.6. The van der Waals surface area contributed by atoms with Crippen molar-refractivity contribution in [3.05, 3.63) is 35.9 Å². The van der Waals surface area contributed by atoms with Crippen LogP contribution >= 0.6 is 11.8 Å². The van der Waals surface area contributed by atoms with Crippen molar-refractivity contribution in [2.45, 2.75) is 39.8 Å². The maximum Gasteiger partial charge on any atom is 0.408 e. The molecule has 1 amide bonds. The molecule has 21 heavy (non-hydrogen) atoms. The van der Waals surface area contributed by atoms with Crippen LogP contribution in [0, 0.1) is 5.92 Å². The molecule has 0 saturated heterocycles. The summed E-state index contributed by atoms with van der Waals surface area (Å²) in [4.78, 5) is 23.8. The molecule has 0 unspecified atom stereocenters. The first-order chi connectivity index (χ1) is 10.0. The van der Waals surface area contributed by atoms with E-state index in [4.69, 9.17) is 4.74 Å². The molecule has 116 valence electrons. The number of carbonyl (C=O) groups excluding carboxylic acids is 2. The third kappa shape index (κ3) is 7.18. The monoisotopic (exact) mass is 309 g/mol. The number of benzene rings is 1. The highest BCUT2D eigenvalue weighted by atomic mass is 32.2. The molecular weight excluding hydrogens is 286 g/mol. The van der Waals surface area contributed by atoms with Crippen LogP contribution in [-0.4, -0.2) is 23.0 Å². The molecule has 0 heterocycles. The highest BCUT2D eigenvalue weighted by Crippen LogP contribution is 2.13. The predicted molar refractivity (Wildman–Crippen MR) is 86.1 cm³/mol. The minimum absolute atomic E-state index is 0.0112. The summed E-state index contributed by atoms with van der Waals surface area (Å²) >= 11 is 1.23. The summed E-state index contributed by atoms with van der Waals surface area (Å²) in [6.45, 7) is 6.17. The standard InChI is InChI=1S/C16H23NO3S/c1-4-21-15(18)14(10-12(2)3)17-16(19)20-11-13-8-6-5-7-9-13/h5-9,12,14H,4,10-11H2,1-3H3,(H,17,19)/t14-/m0/s1. The molecule has 0 bridgehead atoms. The molecule has 0 radical (unpaired) electrons. The third-order valence-electron chi connectivity index (χ3n) is 2.78. The van der Waals surface area contributed by atoms with Gasteiger partial charge in [0, 0.05) is 0 Å². The van der Waals surface area contributed by atoms with Gasteiger partial charge in [0.25, 0.3) is 0 Å². The second-order valence-electron chi connectivity index (χ2n) is 5.14. The third-order valence-corrected chi connectivity index (χ3v) is 3.64. The Balaban J connectivity index is 2.49. The molecule has 0 aliphatic rings. The molecule has 1 aromatic rings. The fourth-order valence-corrected chi connectivity index (χ4v) is 2.48. The molecule has 0 spiro atoms. The van der Waals surface area contributed by atoms with Crippen molar-refractivity contribution < 1.29 is 14.3 Å². The van der Waals surface area contributed by atoms with Gasteiger partial charge in [-0.1, -0.05) is 62.9 Å². The molecule has 0 fully saturated rings. The number of amides is 1. The van der Waals surface area contributed by atoms with E-state index >= 15 is 0 Å². The lowest BCUT2D eigenvalue weighted by atomic mass is 10.1. The van der Waals surface area contributed by atoms with Crippen LogP contribution in [0.4, 0.5) is 4.79 Å². The van der Waals surface area contributed by atoms with Gasteiger partial charge in [0.2, 0.25) is 5.12 Å². The first-order valence-corrected chi connectivity index (χ1v) is 8.15. The van der Waals surface area contributed by atoms with E-state index in [2.05, 4.69) is 5.32 Å². The number of rotatable bonds is 7. The van der Waals surface area contributed by atoms with Gasteiger partial charge in [-0.3, -0.25) is 4.79 Å². The van der Waals surface area contributed by atoms with E-state index in [1.54, 1.807) is 0 Å². The van der Waals surface area contributed by atoms with Gasteiger partial charge < -0.3 is 10.1 Å². The summed E-state index contributed by atoms with van der Waals surface area (Å²) in [7, 11) is 0. The Morgan fingerprint density at radius 1 is 1.24 bits per heavy atom. The number of hydrogen-bond donors (Lipinski definition) is 1. The SMILES string of the molecule is CCSC(=O)[C@H](CC(C)C)NC(=O)OCc1ccccc1.